The molecular formula is C13H13BrFNO. The van der Waals surface area contributed by atoms with Gasteiger partial charge in [-0.25, -0.2) is 4.39 Å². The van der Waals surface area contributed by atoms with E-state index < -0.39 is 0 Å². The van der Waals surface area contributed by atoms with Gasteiger partial charge in [0.2, 0.25) is 0 Å². The molecule has 90 valence electrons. The van der Waals surface area contributed by atoms with Gasteiger partial charge >= 0.3 is 0 Å². The third-order valence-corrected chi connectivity index (χ3v) is 3.28. The van der Waals surface area contributed by atoms with Crippen LogP contribution < -0.4 is 5.73 Å². The smallest absolute Gasteiger partial charge is 0.135 e. The predicted molar refractivity (Wildman–Crippen MR) is 69.0 cm³/mol. The molecule has 0 radical (unpaired) electrons. The van der Waals surface area contributed by atoms with Crippen LogP contribution in [0.25, 0.3) is 11.3 Å². The van der Waals surface area contributed by atoms with Crippen LogP contribution in [-0.2, 0) is 0 Å². The van der Waals surface area contributed by atoms with Gasteiger partial charge in [0.1, 0.15) is 17.3 Å². The molecule has 0 saturated carbocycles. The van der Waals surface area contributed by atoms with E-state index in [0.29, 0.717) is 10.2 Å². The Bertz CT molecular complexity index is 524. The fraction of sp³-hybridized carbons (Fsp3) is 0.231. The van der Waals surface area contributed by atoms with Gasteiger partial charge in [-0.2, -0.15) is 0 Å². The molecule has 0 aliphatic carbocycles. The normalized spacial score (nSPS) is 12.7. The van der Waals surface area contributed by atoms with E-state index in [0.717, 1.165) is 17.7 Å². The fourth-order valence-electron chi connectivity index (χ4n) is 1.59. The average molecular weight is 298 g/mol. The van der Waals surface area contributed by atoms with Gasteiger partial charge in [-0.1, -0.05) is 6.92 Å². The van der Waals surface area contributed by atoms with Crippen LogP contribution in [0.15, 0.2) is 39.2 Å². The number of hydrogen-bond donors (Lipinski definition) is 1. The Morgan fingerprint density at radius 2 is 2.12 bits per heavy atom. The summed E-state index contributed by atoms with van der Waals surface area (Å²) in [5.41, 5.74) is 6.70. The number of furan rings is 1. The van der Waals surface area contributed by atoms with Gasteiger partial charge in [0.05, 0.1) is 6.04 Å². The number of benzene rings is 1. The highest BCUT2D eigenvalue weighted by molar-refractivity contribution is 9.10. The first-order valence-corrected chi connectivity index (χ1v) is 6.22. The molecule has 4 heteroatoms. The van der Waals surface area contributed by atoms with Crippen LogP contribution in [-0.4, -0.2) is 0 Å². The van der Waals surface area contributed by atoms with Crippen molar-refractivity contribution in [2.45, 2.75) is 19.4 Å². The van der Waals surface area contributed by atoms with E-state index >= 15 is 0 Å². The minimum absolute atomic E-state index is 0.0945. The molecule has 2 rings (SSSR count). The lowest BCUT2D eigenvalue weighted by Gasteiger charge is -2.05. The first-order valence-electron chi connectivity index (χ1n) is 5.42. The molecule has 1 aromatic carbocycles. The summed E-state index contributed by atoms with van der Waals surface area (Å²) in [5.74, 6) is 1.16. The summed E-state index contributed by atoms with van der Waals surface area (Å²) >= 11 is 3.32. The predicted octanol–water partition coefficient (Wildman–Crippen LogP) is 4.26. The van der Waals surface area contributed by atoms with Gasteiger partial charge < -0.3 is 10.2 Å². The van der Waals surface area contributed by atoms with Crippen LogP contribution in [0.4, 0.5) is 4.39 Å². The van der Waals surface area contributed by atoms with Crippen molar-refractivity contribution in [1.29, 1.82) is 0 Å². The van der Waals surface area contributed by atoms with Crippen LogP contribution in [0.5, 0.6) is 0 Å². The van der Waals surface area contributed by atoms with E-state index in [4.69, 9.17) is 10.2 Å². The second kappa shape index (κ2) is 5.02. The number of hydrogen-bond acceptors (Lipinski definition) is 2. The Morgan fingerprint density at radius 1 is 1.35 bits per heavy atom. The lowest BCUT2D eigenvalue weighted by Crippen LogP contribution is -2.06. The van der Waals surface area contributed by atoms with Gasteiger partial charge in [-0.05, 0) is 52.7 Å². The molecule has 0 aliphatic heterocycles. The first kappa shape index (κ1) is 12.3. The summed E-state index contributed by atoms with van der Waals surface area (Å²) < 4.78 is 19.3. The van der Waals surface area contributed by atoms with E-state index in [1.165, 1.54) is 12.1 Å². The topological polar surface area (TPSA) is 39.2 Å². The molecular weight excluding hydrogens is 285 g/mol. The molecule has 1 aromatic heterocycles. The summed E-state index contributed by atoms with van der Waals surface area (Å²) in [6.45, 7) is 2.00. The zero-order chi connectivity index (χ0) is 12.4. The maximum atomic E-state index is 13.0. The molecule has 2 nitrogen and oxygen atoms in total. The molecule has 0 spiro atoms. The minimum atomic E-state index is -0.280. The van der Waals surface area contributed by atoms with Crippen molar-refractivity contribution in [1.82, 2.24) is 0 Å². The molecule has 1 unspecified atom stereocenters. The summed E-state index contributed by atoms with van der Waals surface area (Å²) in [6.07, 6.45) is 0.817. The Hall–Kier alpha value is -1.13. The zero-order valence-corrected chi connectivity index (χ0v) is 11.0. The number of rotatable bonds is 3. The van der Waals surface area contributed by atoms with Crippen LogP contribution in [0.2, 0.25) is 0 Å². The molecule has 0 bridgehead atoms. The standard InChI is InChI=1S/C13H13BrFNO/c1-2-11(16)13-6-5-12(17-13)9-4-3-8(15)7-10(9)14/h3-7,11H,2,16H2,1H3. The SMILES string of the molecule is CCC(N)c1ccc(-c2ccc(F)cc2Br)o1. The average Bonchev–Trinajstić information content (AvgIpc) is 2.77. The molecule has 1 heterocycles. The lowest BCUT2D eigenvalue weighted by molar-refractivity contribution is 0.470. The van der Waals surface area contributed by atoms with Gasteiger partial charge in [-0.15, -0.1) is 0 Å². The summed E-state index contributed by atoms with van der Waals surface area (Å²) in [7, 11) is 0. The molecule has 2 N–H and O–H groups in total. The molecule has 0 amide bonds. The molecule has 1 atom stereocenters. The Kier molecular flexibility index (Phi) is 3.64. The molecule has 2 aromatic rings. The van der Waals surface area contributed by atoms with Crippen molar-refractivity contribution in [2.75, 3.05) is 0 Å². The van der Waals surface area contributed by atoms with E-state index in [2.05, 4.69) is 15.9 Å². The van der Waals surface area contributed by atoms with Crippen molar-refractivity contribution in [3.63, 3.8) is 0 Å². The summed E-state index contributed by atoms with van der Waals surface area (Å²) in [5, 5.41) is 0. The molecule has 0 saturated heterocycles. The lowest BCUT2D eigenvalue weighted by atomic mass is 10.1. The largest absolute Gasteiger partial charge is 0.459 e. The van der Waals surface area contributed by atoms with Crippen LogP contribution in [0.3, 0.4) is 0 Å². The second-order valence-electron chi connectivity index (χ2n) is 3.84. The van der Waals surface area contributed by atoms with Gasteiger partial charge in [0, 0.05) is 10.0 Å². The van der Waals surface area contributed by atoms with Gasteiger partial charge in [-0.3, -0.25) is 0 Å². The maximum Gasteiger partial charge on any atom is 0.135 e. The van der Waals surface area contributed by atoms with E-state index in [1.807, 2.05) is 19.1 Å². The molecule has 17 heavy (non-hydrogen) atoms. The highest BCUT2D eigenvalue weighted by Gasteiger charge is 2.12. The third-order valence-electron chi connectivity index (χ3n) is 2.63. The van der Waals surface area contributed by atoms with Gasteiger partial charge in [0.15, 0.2) is 0 Å². The molecule has 0 fully saturated rings. The zero-order valence-electron chi connectivity index (χ0n) is 9.41. The number of halogens is 2. The fourth-order valence-corrected chi connectivity index (χ4v) is 2.13. The monoisotopic (exact) mass is 297 g/mol. The van der Waals surface area contributed by atoms with E-state index in [9.17, 15) is 4.39 Å². The maximum absolute atomic E-state index is 13.0. The highest BCUT2D eigenvalue weighted by atomic mass is 79.9. The van der Waals surface area contributed by atoms with Crippen molar-refractivity contribution in [3.05, 3.63) is 46.4 Å². The van der Waals surface area contributed by atoms with Crippen molar-refractivity contribution in [3.8, 4) is 11.3 Å². The Labute approximate surface area is 108 Å². The number of nitrogens with two attached hydrogens (primary N) is 1. The van der Waals surface area contributed by atoms with Crippen LogP contribution in [0, 0.1) is 5.82 Å². The quantitative estimate of drug-likeness (QED) is 0.919. The Balaban J connectivity index is 2.37. The summed E-state index contributed by atoms with van der Waals surface area (Å²) in [4.78, 5) is 0. The Morgan fingerprint density at radius 3 is 2.76 bits per heavy atom. The minimum Gasteiger partial charge on any atom is -0.459 e. The summed E-state index contributed by atoms with van der Waals surface area (Å²) in [6, 6.07) is 8.11. The van der Waals surface area contributed by atoms with E-state index in [1.54, 1.807) is 6.07 Å². The van der Waals surface area contributed by atoms with Crippen molar-refractivity contribution >= 4 is 15.9 Å². The van der Waals surface area contributed by atoms with Gasteiger partial charge in [0.25, 0.3) is 0 Å². The highest BCUT2D eigenvalue weighted by Crippen LogP contribution is 2.31. The van der Waals surface area contributed by atoms with Crippen molar-refractivity contribution in [2.24, 2.45) is 5.73 Å². The molecule has 0 aliphatic rings. The second-order valence-corrected chi connectivity index (χ2v) is 4.70. The third kappa shape index (κ3) is 2.58. The first-order chi connectivity index (χ1) is 8.11. The van der Waals surface area contributed by atoms with Crippen LogP contribution in [0.1, 0.15) is 25.1 Å². The van der Waals surface area contributed by atoms with E-state index in [-0.39, 0.29) is 11.9 Å². The van der Waals surface area contributed by atoms with Crippen molar-refractivity contribution < 1.29 is 8.81 Å². The van der Waals surface area contributed by atoms with Crippen LogP contribution >= 0.6 is 15.9 Å².